The van der Waals surface area contributed by atoms with E-state index in [1.807, 2.05) is 27.0 Å². The summed E-state index contributed by atoms with van der Waals surface area (Å²) in [6, 6.07) is 0. The first kappa shape index (κ1) is 13.6. The summed E-state index contributed by atoms with van der Waals surface area (Å²) in [6.07, 6.45) is 1.45. The highest BCUT2D eigenvalue weighted by atomic mass is 32.2. The van der Waals surface area contributed by atoms with E-state index in [4.69, 9.17) is 9.84 Å². The Labute approximate surface area is 89.4 Å². The van der Waals surface area contributed by atoms with Crippen LogP contribution in [0.5, 0.6) is 0 Å². The van der Waals surface area contributed by atoms with Gasteiger partial charge >= 0.3 is 6.09 Å². The van der Waals surface area contributed by atoms with Crippen molar-refractivity contribution >= 4 is 17.9 Å². The van der Waals surface area contributed by atoms with Crippen LogP contribution in [0.3, 0.4) is 0 Å². The Morgan fingerprint density at radius 3 is 2.50 bits per heavy atom. The molecule has 0 saturated heterocycles. The molecule has 0 radical (unpaired) electrons. The average Bonchev–Trinajstić information content (AvgIpc) is 2.03. The SMILES string of the molecule is CSC(CO)CNC(=O)OC(C)(C)C. The van der Waals surface area contributed by atoms with Crippen molar-refractivity contribution in [2.45, 2.75) is 31.6 Å². The van der Waals surface area contributed by atoms with Gasteiger partial charge in [-0.25, -0.2) is 4.79 Å². The van der Waals surface area contributed by atoms with Crippen LogP contribution in [0, 0.1) is 0 Å². The number of rotatable bonds is 4. The number of thioether (sulfide) groups is 1. The van der Waals surface area contributed by atoms with Gasteiger partial charge in [0.1, 0.15) is 5.60 Å². The molecule has 0 spiro atoms. The normalized spacial score (nSPS) is 13.5. The highest BCUT2D eigenvalue weighted by Crippen LogP contribution is 2.07. The van der Waals surface area contributed by atoms with Gasteiger partial charge in [-0.3, -0.25) is 0 Å². The van der Waals surface area contributed by atoms with E-state index < -0.39 is 11.7 Å². The van der Waals surface area contributed by atoms with Gasteiger partial charge in [0.2, 0.25) is 0 Å². The third kappa shape index (κ3) is 7.03. The van der Waals surface area contributed by atoms with Crippen molar-refractivity contribution in [3.05, 3.63) is 0 Å². The minimum Gasteiger partial charge on any atom is -0.444 e. The molecule has 0 aliphatic rings. The van der Waals surface area contributed by atoms with E-state index in [2.05, 4.69) is 5.32 Å². The van der Waals surface area contributed by atoms with Crippen LogP contribution >= 0.6 is 11.8 Å². The lowest BCUT2D eigenvalue weighted by atomic mass is 10.2. The summed E-state index contributed by atoms with van der Waals surface area (Å²) in [5, 5.41) is 11.5. The molecule has 0 rings (SSSR count). The fraction of sp³-hybridized carbons (Fsp3) is 0.889. The molecule has 4 nitrogen and oxygen atoms in total. The molecule has 0 aromatic heterocycles. The Morgan fingerprint density at radius 1 is 1.57 bits per heavy atom. The molecule has 84 valence electrons. The maximum absolute atomic E-state index is 11.2. The molecular formula is C9H19NO3S. The van der Waals surface area contributed by atoms with Crippen molar-refractivity contribution in [3.63, 3.8) is 0 Å². The largest absolute Gasteiger partial charge is 0.444 e. The topological polar surface area (TPSA) is 58.6 Å². The van der Waals surface area contributed by atoms with E-state index in [0.29, 0.717) is 6.54 Å². The second-order valence-corrected chi connectivity index (χ2v) is 5.06. The van der Waals surface area contributed by atoms with Crippen molar-refractivity contribution in [2.24, 2.45) is 0 Å². The minimum atomic E-state index is -0.474. The number of alkyl carbamates (subject to hydrolysis) is 1. The molecular weight excluding hydrogens is 202 g/mol. The third-order valence-electron chi connectivity index (χ3n) is 1.41. The van der Waals surface area contributed by atoms with E-state index in [-0.39, 0.29) is 11.9 Å². The molecule has 0 aromatic rings. The fourth-order valence-corrected chi connectivity index (χ4v) is 1.13. The summed E-state index contributed by atoms with van der Waals surface area (Å²) in [7, 11) is 0. The van der Waals surface area contributed by atoms with E-state index in [0.717, 1.165) is 0 Å². The lowest BCUT2D eigenvalue weighted by Gasteiger charge is -2.20. The molecule has 14 heavy (non-hydrogen) atoms. The molecule has 2 N–H and O–H groups in total. The zero-order chi connectivity index (χ0) is 11.2. The van der Waals surface area contributed by atoms with Crippen LogP contribution in [-0.2, 0) is 4.74 Å². The summed E-state index contributed by atoms with van der Waals surface area (Å²) in [6.45, 7) is 5.91. The van der Waals surface area contributed by atoms with E-state index in [9.17, 15) is 4.79 Å². The first-order chi connectivity index (χ1) is 6.39. The molecule has 0 bridgehead atoms. The molecule has 1 amide bonds. The predicted molar refractivity (Wildman–Crippen MR) is 58.6 cm³/mol. The van der Waals surface area contributed by atoms with Crippen LogP contribution in [-0.4, -0.2) is 41.5 Å². The van der Waals surface area contributed by atoms with Crippen LogP contribution in [0.25, 0.3) is 0 Å². The average molecular weight is 221 g/mol. The summed E-state index contributed by atoms with van der Waals surface area (Å²) < 4.78 is 5.04. The van der Waals surface area contributed by atoms with Crippen molar-refractivity contribution in [3.8, 4) is 0 Å². The highest BCUT2D eigenvalue weighted by molar-refractivity contribution is 7.99. The van der Waals surface area contributed by atoms with Crippen LogP contribution in [0.15, 0.2) is 0 Å². The number of hydrogen-bond acceptors (Lipinski definition) is 4. The van der Waals surface area contributed by atoms with Crippen LogP contribution in [0.4, 0.5) is 4.79 Å². The predicted octanol–water partition coefficient (Wildman–Crippen LogP) is 1.24. The second-order valence-electron chi connectivity index (χ2n) is 3.92. The van der Waals surface area contributed by atoms with E-state index in [1.54, 1.807) is 0 Å². The number of aliphatic hydroxyl groups is 1. The summed E-state index contributed by atoms with van der Waals surface area (Å²) in [4.78, 5) is 11.2. The zero-order valence-electron chi connectivity index (χ0n) is 9.16. The Hall–Kier alpha value is -0.420. The molecule has 0 aliphatic carbocycles. The molecule has 0 fully saturated rings. The molecule has 1 unspecified atom stereocenters. The third-order valence-corrected chi connectivity index (χ3v) is 2.39. The Balaban J connectivity index is 3.74. The monoisotopic (exact) mass is 221 g/mol. The van der Waals surface area contributed by atoms with Crippen LogP contribution in [0.1, 0.15) is 20.8 Å². The first-order valence-corrected chi connectivity index (χ1v) is 5.78. The molecule has 5 heteroatoms. The van der Waals surface area contributed by atoms with Gasteiger partial charge in [0, 0.05) is 11.8 Å². The maximum atomic E-state index is 11.2. The van der Waals surface area contributed by atoms with Gasteiger partial charge in [-0.2, -0.15) is 11.8 Å². The van der Waals surface area contributed by atoms with Gasteiger partial charge in [-0.05, 0) is 27.0 Å². The van der Waals surface area contributed by atoms with Crippen molar-refractivity contribution in [1.29, 1.82) is 0 Å². The van der Waals surface area contributed by atoms with Crippen molar-refractivity contribution < 1.29 is 14.6 Å². The zero-order valence-corrected chi connectivity index (χ0v) is 9.98. The van der Waals surface area contributed by atoms with Gasteiger partial charge in [0.05, 0.1) is 6.61 Å². The lowest BCUT2D eigenvalue weighted by Crippen LogP contribution is -2.36. The summed E-state index contributed by atoms with van der Waals surface area (Å²) in [5.41, 5.74) is -0.474. The van der Waals surface area contributed by atoms with Crippen LogP contribution in [0.2, 0.25) is 0 Å². The standard InChI is InChI=1S/C9H19NO3S/c1-9(2,3)13-8(12)10-5-7(6-11)14-4/h7,11H,5-6H2,1-4H3,(H,10,12). The van der Waals surface area contributed by atoms with Crippen LogP contribution < -0.4 is 5.32 Å². The first-order valence-electron chi connectivity index (χ1n) is 4.49. The quantitative estimate of drug-likeness (QED) is 0.750. The molecule has 0 heterocycles. The fourth-order valence-electron chi connectivity index (χ4n) is 0.734. The van der Waals surface area contributed by atoms with Crippen molar-refractivity contribution in [2.75, 3.05) is 19.4 Å². The van der Waals surface area contributed by atoms with E-state index >= 15 is 0 Å². The number of amides is 1. The Morgan fingerprint density at radius 2 is 2.14 bits per heavy atom. The van der Waals surface area contributed by atoms with Gasteiger partial charge in [0.15, 0.2) is 0 Å². The summed E-state index contributed by atoms with van der Waals surface area (Å²) in [5.74, 6) is 0. The van der Waals surface area contributed by atoms with E-state index in [1.165, 1.54) is 11.8 Å². The van der Waals surface area contributed by atoms with Gasteiger partial charge in [0.25, 0.3) is 0 Å². The van der Waals surface area contributed by atoms with Gasteiger partial charge in [-0.15, -0.1) is 0 Å². The number of carbonyl (C=O) groups excluding carboxylic acids is 1. The highest BCUT2D eigenvalue weighted by Gasteiger charge is 2.16. The number of aliphatic hydroxyl groups excluding tert-OH is 1. The number of carbonyl (C=O) groups is 1. The van der Waals surface area contributed by atoms with Gasteiger partial charge in [-0.1, -0.05) is 0 Å². The van der Waals surface area contributed by atoms with Crippen molar-refractivity contribution in [1.82, 2.24) is 5.32 Å². The summed E-state index contributed by atoms with van der Waals surface area (Å²) >= 11 is 1.51. The van der Waals surface area contributed by atoms with Gasteiger partial charge < -0.3 is 15.2 Å². The molecule has 1 atom stereocenters. The minimum absolute atomic E-state index is 0.0301. The Bertz CT molecular complexity index is 175. The molecule has 0 aliphatic heterocycles. The number of nitrogens with one attached hydrogen (secondary N) is 1. The maximum Gasteiger partial charge on any atom is 0.407 e. The molecule has 0 saturated carbocycles. The number of hydrogen-bond donors (Lipinski definition) is 2. The lowest BCUT2D eigenvalue weighted by molar-refractivity contribution is 0.0526. The second kappa shape index (κ2) is 6.14. The molecule has 0 aromatic carbocycles. The smallest absolute Gasteiger partial charge is 0.407 e. The Kier molecular flexibility index (Phi) is 5.95. The number of ether oxygens (including phenoxy) is 1.